The van der Waals surface area contributed by atoms with Crippen molar-refractivity contribution in [1.82, 2.24) is 10.3 Å². The molecule has 3 amide bonds. The normalized spacial score (nSPS) is 12.3. The van der Waals surface area contributed by atoms with Gasteiger partial charge in [0.25, 0.3) is 0 Å². The first-order valence-corrected chi connectivity index (χ1v) is 9.60. The van der Waals surface area contributed by atoms with Gasteiger partial charge < -0.3 is 15.5 Å². The van der Waals surface area contributed by atoms with Gasteiger partial charge in [0.2, 0.25) is 5.91 Å². The van der Waals surface area contributed by atoms with E-state index in [-0.39, 0.29) is 11.9 Å². The molecule has 4 rings (SSSR count). The molecule has 6 nitrogen and oxygen atoms in total. The fourth-order valence-electron chi connectivity index (χ4n) is 3.43. The van der Waals surface area contributed by atoms with Crippen molar-refractivity contribution >= 4 is 23.3 Å². The van der Waals surface area contributed by atoms with Gasteiger partial charge in [0.1, 0.15) is 0 Å². The number of anilines is 2. The molecule has 1 aliphatic heterocycles. The number of rotatable bonds is 5. The number of carbonyl (C=O) groups is 2. The van der Waals surface area contributed by atoms with Crippen LogP contribution in [0.25, 0.3) is 0 Å². The summed E-state index contributed by atoms with van der Waals surface area (Å²) < 4.78 is 0. The van der Waals surface area contributed by atoms with Crippen LogP contribution in [0.4, 0.5) is 16.2 Å². The smallest absolute Gasteiger partial charge is 0.319 e. The van der Waals surface area contributed by atoms with E-state index in [2.05, 4.69) is 21.7 Å². The second kappa shape index (κ2) is 8.56. The number of benzene rings is 2. The lowest BCUT2D eigenvalue weighted by atomic mass is 10.1. The largest absolute Gasteiger partial charge is 0.334 e. The highest BCUT2D eigenvalue weighted by Crippen LogP contribution is 2.28. The Hall–Kier alpha value is -3.67. The van der Waals surface area contributed by atoms with Crippen LogP contribution in [0.15, 0.2) is 73.1 Å². The maximum absolute atomic E-state index is 12.7. The molecular weight excluding hydrogens is 364 g/mol. The van der Waals surface area contributed by atoms with Crippen LogP contribution >= 0.6 is 0 Å². The minimum Gasteiger partial charge on any atom is -0.334 e. The number of hydrogen-bond donors (Lipinski definition) is 2. The van der Waals surface area contributed by atoms with Gasteiger partial charge in [-0.3, -0.25) is 9.78 Å². The summed E-state index contributed by atoms with van der Waals surface area (Å²) in [6, 6.07) is 18.8. The third-order valence-electron chi connectivity index (χ3n) is 4.93. The molecule has 0 saturated carbocycles. The number of aromatic nitrogens is 1. The van der Waals surface area contributed by atoms with E-state index >= 15 is 0 Å². The van der Waals surface area contributed by atoms with Crippen molar-refractivity contribution in [3.63, 3.8) is 0 Å². The van der Waals surface area contributed by atoms with Crippen LogP contribution in [-0.4, -0.2) is 23.5 Å². The highest BCUT2D eigenvalue weighted by molar-refractivity contribution is 5.96. The molecule has 0 bridgehead atoms. The van der Waals surface area contributed by atoms with E-state index in [4.69, 9.17) is 0 Å². The Balaban J connectivity index is 1.30. The van der Waals surface area contributed by atoms with E-state index in [9.17, 15) is 9.59 Å². The predicted molar refractivity (Wildman–Crippen MR) is 113 cm³/mol. The minimum atomic E-state index is -0.286. The highest BCUT2D eigenvalue weighted by atomic mass is 16.2. The summed E-state index contributed by atoms with van der Waals surface area (Å²) in [5, 5.41) is 5.58. The Bertz CT molecular complexity index is 1000. The summed E-state index contributed by atoms with van der Waals surface area (Å²) in [5.74, 6) is 0.0878. The molecule has 0 fully saturated rings. The number of urea groups is 1. The fourth-order valence-corrected chi connectivity index (χ4v) is 3.43. The van der Waals surface area contributed by atoms with Crippen LogP contribution in [0, 0.1) is 0 Å². The molecule has 0 radical (unpaired) electrons. The number of para-hydroxylation sites is 1. The molecule has 0 aliphatic carbocycles. The number of carbonyl (C=O) groups excluding carboxylic acids is 2. The molecule has 1 aliphatic rings. The van der Waals surface area contributed by atoms with E-state index in [1.54, 1.807) is 12.4 Å². The maximum Gasteiger partial charge on any atom is 0.319 e. The molecule has 0 atom stereocenters. The molecule has 29 heavy (non-hydrogen) atoms. The predicted octanol–water partition coefficient (Wildman–Crippen LogP) is 3.54. The van der Waals surface area contributed by atoms with Gasteiger partial charge in [-0.2, -0.15) is 0 Å². The fraction of sp³-hybridized carbons (Fsp3) is 0.174. The number of fused-ring (bicyclic) bond motifs is 1. The van der Waals surface area contributed by atoms with E-state index < -0.39 is 0 Å². The maximum atomic E-state index is 12.7. The first kappa shape index (κ1) is 18.7. The third-order valence-corrected chi connectivity index (χ3v) is 4.93. The highest BCUT2D eigenvalue weighted by Gasteiger charge is 2.23. The second-order valence-corrected chi connectivity index (χ2v) is 6.97. The number of nitrogens with zero attached hydrogens (tertiary/aromatic N) is 2. The Morgan fingerprint density at radius 3 is 2.59 bits per heavy atom. The minimum absolute atomic E-state index is 0.0878. The molecule has 2 N–H and O–H groups in total. The lowest BCUT2D eigenvalue weighted by Crippen LogP contribution is -2.30. The van der Waals surface area contributed by atoms with Crippen molar-refractivity contribution in [2.45, 2.75) is 19.4 Å². The molecule has 0 unspecified atom stereocenters. The topological polar surface area (TPSA) is 74.3 Å². The van der Waals surface area contributed by atoms with E-state index in [0.29, 0.717) is 18.7 Å². The summed E-state index contributed by atoms with van der Waals surface area (Å²) in [5.41, 5.74) is 4.76. The Morgan fingerprint density at radius 2 is 1.79 bits per heavy atom. The van der Waals surface area contributed by atoms with E-state index in [1.807, 2.05) is 59.5 Å². The lowest BCUT2D eigenvalue weighted by Gasteiger charge is -2.17. The van der Waals surface area contributed by atoms with Crippen molar-refractivity contribution in [2.24, 2.45) is 0 Å². The van der Waals surface area contributed by atoms with Crippen LogP contribution in [0.5, 0.6) is 0 Å². The van der Waals surface area contributed by atoms with Crippen molar-refractivity contribution in [2.75, 3.05) is 16.8 Å². The number of hydrogen-bond acceptors (Lipinski definition) is 3. The number of nitrogens with one attached hydrogen (secondary N) is 2. The molecule has 2 heterocycles. The summed E-state index contributed by atoms with van der Waals surface area (Å²) in [6.07, 6.45) is 4.64. The number of amides is 3. The molecule has 2 aromatic carbocycles. The molecular formula is C23H22N4O2. The summed E-state index contributed by atoms with van der Waals surface area (Å²) in [7, 11) is 0. The van der Waals surface area contributed by atoms with Gasteiger partial charge in [0.15, 0.2) is 0 Å². The van der Waals surface area contributed by atoms with Gasteiger partial charge in [-0.1, -0.05) is 36.4 Å². The number of pyridine rings is 1. The van der Waals surface area contributed by atoms with Crippen LogP contribution in [-0.2, 0) is 24.2 Å². The first-order valence-electron chi connectivity index (χ1n) is 9.60. The standard InChI is InChI=1S/C23H22N4O2/c28-22(27-13-11-19-5-1-2-6-21(19)27)14-17-7-9-20(10-8-17)26-23(29)25-16-18-4-3-12-24-15-18/h1-10,12,15H,11,13-14,16H2,(H2,25,26,29). The summed E-state index contributed by atoms with van der Waals surface area (Å²) in [6.45, 7) is 1.14. The Labute approximate surface area is 169 Å². The molecule has 0 spiro atoms. The van der Waals surface area contributed by atoms with E-state index in [0.717, 1.165) is 29.8 Å². The van der Waals surface area contributed by atoms with Crippen molar-refractivity contribution in [1.29, 1.82) is 0 Å². The zero-order valence-corrected chi connectivity index (χ0v) is 16.0. The zero-order chi connectivity index (χ0) is 20.1. The van der Waals surface area contributed by atoms with Gasteiger partial charge in [-0.25, -0.2) is 4.79 Å². The quantitative estimate of drug-likeness (QED) is 0.704. The SMILES string of the molecule is O=C(NCc1cccnc1)Nc1ccc(CC(=O)N2CCc3ccccc32)cc1. The van der Waals surface area contributed by atoms with Crippen molar-refractivity contribution < 1.29 is 9.59 Å². The average molecular weight is 386 g/mol. The molecule has 6 heteroatoms. The van der Waals surface area contributed by atoms with E-state index in [1.165, 1.54) is 5.56 Å². The van der Waals surface area contributed by atoms with Gasteiger partial charge in [0.05, 0.1) is 6.42 Å². The summed E-state index contributed by atoms with van der Waals surface area (Å²) >= 11 is 0. The van der Waals surface area contributed by atoms with Crippen LogP contribution in [0.2, 0.25) is 0 Å². The Kier molecular flexibility index (Phi) is 5.52. The van der Waals surface area contributed by atoms with Crippen LogP contribution < -0.4 is 15.5 Å². The Morgan fingerprint density at radius 1 is 0.966 bits per heavy atom. The zero-order valence-electron chi connectivity index (χ0n) is 16.0. The van der Waals surface area contributed by atoms with Crippen LogP contribution in [0.3, 0.4) is 0 Å². The van der Waals surface area contributed by atoms with Gasteiger partial charge in [-0.15, -0.1) is 0 Å². The molecule has 1 aromatic heterocycles. The van der Waals surface area contributed by atoms with Crippen LogP contribution in [0.1, 0.15) is 16.7 Å². The third kappa shape index (κ3) is 4.60. The summed E-state index contributed by atoms with van der Waals surface area (Å²) in [4.78, 5) is 30.6. The van der Waals surface area contributed by atoms with Gasteiger partial charge >= 0.3 is 6.03 Å². The lowest BCUT2D eigenvalue weighted by molar-refractivity contribution is -0.117. The average Bonchev–Trinajstić information content (AvgIpc) is 3.19. The molecule has 146 valence electrons. The molecule has 3 aromatic rings. The van der Waals surface area contributed by atoms with Gasteiger partial charge in [-0.05, 0) is 47.4 Å². The van der Waals surface area contributed by atoms with Crippen molar-refractivity contribution in [3.8, 4) is 0 Å². The molecule has 0 saturated heterocycles. The van der Waals surface area contributed by atoms with Crippen molar-refractivity contribution in [3.05, 3.63) is 89.7 Å². The second-order valence-electron chi connectivity index (χ2n) is 6.97. The monoisotopic (exact) mass is 386 g/mol. The first-order chi connectivity index (χ1) is 14.2. The van der Waals surface area contributed by atoms with Gasteiger partial charge in [0, 0.05) is 36.9 Å².